The maximum atomic E-state index is 7.66. The predicted octanol–water partition coefficient (Wildman–Crippen LogP) is 2.88. The van der Waals surface area contributed by atoms with Crippen molar-refractivity contribution in [3.63, 3.8) is 0 Å². The number of hydrogen-bond acceptors (Lipinski definition) is 4. The van der Waals surface area contributed by atoms with Gasteiger partial charge in [0.2, 0.25) is 0 Å². The lowest BCUT2D eigenvalue weighted by atomic mass is 10.2. The number of hydrogen-bond donors (Lipinski definition) is 2. The van der Waals surface area contributed by atoms with E-state index in [1.165, 1.54) is 17.3 Å². The van der Waals surface area contributed by atoms with Gasteiger partial charge in [-0.2, -0.15) is 5.10 Å². The van der Waals surface area contributed by atoms with Gasteiger partial charge in [-0.05, 0) is 19.4 Å². The van der Waals surface area contributed by atoms with Gasteiger partial charge in [-0.15, -0.1) is 11.8 Å². The van der Waals surface area contributed by atoms with Crippen LogP contribution in [0.1, 0.15) is 19.4 Å². The second kappa shape index (κ2) is 7.06. The van der Waals surface area contributed by atoms with Crippen LogP contribution in [0, 0.1) is 5.41 Å². The molecule has 86 valence electrons. The Labute approximate surface area is 101 Å². The van der Waals surface area contributed by atoms with Crippen molar-refractivity contribution in [3.05, 3.63) is 35.9 Å². The molecule has 3 nitrogen and oxygen atoms in total. The van der Waals surface area contributed by atoms with E-state index in [0.717, 1.165) is 5.75 Å². The van der Waals surface area contributed by atoms with Crippen molar-refractivity contribution in [2.45, 2.75) is 25.6 Å². The minimum Gasteiger partial charge on any atom is -0.308 e. The molecule has 0 spiro atoms. The van der Waals surface area contributed by atoms with Crippen LogP contribution in [-0.4, -0.2) is 17.3 Å². The van der Waals surface area contributed by atoms with Gasteiger partial charge in [0.1, 0.15) is 5.04 Å². The van der Waals surface area contributed by atoms with Gasteiger partial charge >= 0.3 is 0 Å². The molecule has 0 aromatic heterocycles. The fourth-order valence-electron chi connectivity index (χ4n) is 1.02. The maximum Gasteiger partial charge on any atom is 0.108 e. The highest BCUT2D eigenvalue weighted by Crippen LogP contribution is 2.11. The van der Waals surface area contributed by atoms with Crippen LogP contribution in [0.2, 0.25) is 0 Å². The Morgan fingerprint density at radius 3 is 2.75 bits per heavy atom. The first kappa shape index (κ1) is 12.8. The predicted molar refractivity (Wildman–Crippen MR) is 72.2 cm³/mol. The van der Waals surface area contributed by atoms with E-state index in [-0.39, 0.29) is 0 Å². The van der Waals surface area contributed by atoms with E-state index in [4.69, 9.17) is 5.41 Å². The molecule has 4 heteroatoms. The number of benzene rings is 1. The molecule has 0 amide bonds. The summed E-state index contributed by atoms with van der Waals surface area (Å²) in [4.78, 5) is 0. The molecule has 1 rings (SSSR count). The van der Waals surface area contributed by atoms with E-state index in [2.05, 4.69) is 22.7 Å². The van der Waals surface area contributed by atoms with Gasteiger partial charge in [0, 0.05) is 11.8 Å². The van der Waals surface area contributed by atoms with E-state index >= 15 is 0 Å². The third kappa shape index (κ3) is 5.56. The Morgan fingerprint density at radius 1 is 1.44 bits per heavy atom. The largest absolute Gasteiger partial charge is 0.308 e. The summed E-state index contributed by atoms with van der Waals surface area (Å²) >= 11 is 1.48. The number of rotatable bonds is 5. The summed E-state index contributed by atoms with van der Waals surface area (Å²) < 4.78 is 0. The summed E-state index contributed by atoms with van der Waals surface area (Å²) in [7, 11) is 0. The zero-order chi connectivity index (χ0) is 11.8. The molecule has 0 bridgehead atoms. The molecule has 0 aliphatic carbocycles. The Morgan fingerprint density at radius 2 is 2.12 bits per heavy atom. The van der Waals surface area contributed by atoms with Gasteiger partial charge in [0.15, 0.2) is 0 Å². The van der Waals surface area contributed by atoms with E-state index in [1.54, 1.807) is 6.21 Å². The van der Waals surface area contributed by atoms with Gasteiger partial charge in [-0.25, -0.2) is 0 Å². The highest BCUT2D eigenvalue weighted by Gasteiger charge is 1.96. The van der Waals surface area contributed by atoms with Crippen LogP contribution in [0.3, 0.4) is 0 Å². The summed E-state index contributed by atoms with van der Waals surface area (Å²) in [6.07, 6.45) is 1.55. The fraction of sp³-hybridized carbons (Fsp3) is 0.333. The number of thioether (sulfide) groups is 1. The number of nitrogens with zero attached hydrogens (tertiary/aromatic N) is 1. The zero-order valence-electron chi connectivity index (χ0n) is 9.60. The Bertz CT molecular complexity index is 347. The highest BCUT2D eigenvalue weighted by molar-refractivity contribution is 8.14. The Kier molecular flexibility index (Phi) is 5.64. The normalized spacial score (nSPS) is 10.9. The minimum atomic E-state index is 0.308. The molecule has 2 N–H and O–H groups in total. The molecule has 0 fully saturated rings. The van der Waals surface area contributed by atoms with Crippen molar-refractivity contribution >= 4 is 23.0 Å². The van der Waals surface area contributed by atoms with E-state index in [9.17, 15) is 0 Å². The van der Waals surface area contributed by atoms with E-state index in [0.29, 0.717) is 11.1 Å². The summed E-state index contributed by atoms with van der Waals surface area (Å²) in [5.74, 6) is 0.813. The van der Waals surface area contributed by atoms with Crippen LogP contribution in [0.5, 0.6) is 0 Å². The van der Waals surface area contributed by atoms with Gasteiger partial charge in [-0.3, -0.25) is 5.41 Å². The molecule has 0 saturated carbocycles. The second-order valence-electron chi connectivity index (χ2n) is 3.68. The topological polar surface area (TPSA) is 48.2 Å². The smallest absolute Gasteiger partial charge is 0.108 e. The summed E-state index contributed by atoms with van der Waals surface area (Å²) in [5, 5.41) is 12.1. The first-order valence-corrected chi connectivity index (χ1v) is 6.21. The van der Waals surface area contributed by atoms with E-state index < -0.39 is 0 Å². The molecule has 0 saturated heterocycles. The molecular formula is C12H17N3S. The van der Waals surface area contributed by atoms with Crippen LogP contribution in [0.15, 0.2) is 35.4 Å². The first-order chi connectivity index (χ1) is 7.68. The van der Waals surface area contributed by atoms with E-state index in [1.807, 2.05) is 32.0 Å². The SMILES string of the molecule is CC(C)N/N=C\C(=N)SCc1ccccc1. The molecule has 0 radical (unpaired) electrons. The lowest BCUT2D eigenvalue weighted by molar-refractivity contribution is 0.623. The fourth-order valence-corrected chi connectivity index (χ4v) is 1.66. The number of hydrazone groups is 1. The molecule has 1 aromatic carbocycles. The molecule has 0 heterocycles. The van der Waals surface area contributed by atoms with Crippen LogP contribution in [-0.2, 0) is 5.75 Å². The van der Waals surface area contributed by atoms with Crippen molar-refractivity contribution in [2.24, 2.45) is 5.10 Å². The first-order valence-electron chi connectivity index (χ1n) is 5.22. The molecule has 0 aliphatic rings. The van der Waals surface area contributed by atoms with Crippen molar-refractivity contribution in [1.82, 2.24) is 5.43 Å². The molecule has 16 heavy (non-hydrogen) atoms. The summed E-state index contributed by atoms with van der Waals surface area (Å²) in [5.41, 5.74) is 4.11. The van der Waals surface area contributed by atoms with Gasteiger partial charge in [-0.1, -0.05) is 30.3 Å². The molecular weight excluding hydrogens is 218 g/mol. The standard InChI is InChI=1S/C12H17N3S/c1-10(2)15-14-8-12(13)16-9-11-6-4-3-5-7-11/h3-8,10,13,15H,9H2,1-2H3/b13-12?,14-8-. The molecule has 0 atom stereocenters. The average Bonchev–Trinajstić information content (AvgIpc) is 2.27. The number of nitrogens with one attached hydrogen (secondary N) is 2. The van der Waals surface area contributed by atoms with Gasteiger partial charge in [0.05, 0.1) is 6.21 Å². The third-order valence-corrected chi connectivity index (χ3v) is 2.65. The second-order valence-corrected chi connectivity index (χ2v) is 4.70. The van der Waals surface area contributed by atoms with Crippen LogP contribution < -0.4 is 5.43 Å². The van der Waals surface area contributed by atoms with Gasteiger partial charge in [0.25, 0.3) is 0 Å². The van der Waals surface area contributed by atoms with Crippen LogP contribution >= 0.6 is 11.8 Å². The highest BCUT2D eigenvalue weighted by atomic mass is 32.2. The zero-order valence-corrected chi connectivity index (χ0v) is 10.4. The van der Waals surface area contributed by atoms with Crippen LogP contribution in [0.4, 0.5) is 0 Å². The van der Waals surface area contributed by atoms with Crippen molar-refractivity contribution in [3.8, 4) is 0 Å². The van der Waals surface area contributed by atoms with Gasteiger partial charge < -0.3 is 5.43 Å². The van der Waals surface area contributed by atoms with Crippen molar-refractivity contribution in [1.29, 1.82) is 5.41 Å². The molecule has 1 aromatic rings. The summed E-state index contributed by atoms with van der Waals surface area (Å²) in [6.45, 7) is 4.02. The average molecular weight is 235 g/mol. The van der Waals surface area contributed by atoms with Crippen molar-refractivity contribution < 1.29 is 0 Å². The maximum absolute atomic E-state index is 7.66. The third-order valence-electron chi connectivity index (χ3n) is 1.75. The lowest BCUT2D eigenvalue weighted by Gasteiger charge is -2.02. The van der Waals surface area contributed by atoms with Crippen molar-refractivity contribution in [2.75, 3.05) is 0 Å². The Hall–Kier alpha value is -1.29. The Balaban J connectivity index is 2.28. The molecule has 0 unspecified atom stereocenters. The van der Waals surface area contributed by atoms with Crippen LogP contribution in [0.25, 0.3) is 0 Å². The monoisotopic (exact) mass is 235 g/mol. The lowest BCUT2D eigenvalue weighted by Crippen LogP contribution is -2.16. The quantitative estimate of drug-likeness (QED) is 0.468. The molecule has 0 aliphatic heterocycles. The minimum absolute atomic E-state index is 0.308. The summed E-state index contributed by atoms with van der Waals surface area (Å²) in [6, 6.07) is 10.4.